The molecule has 1 N–H and O–H groups in total. The summed E-state index contributed by atoms with van der Waals surface area (Å²) >= 11 is 0. The molecule has 2 heterocycles. The van der Waals surface area contributed by atoms with Crippen LogP contribution < -0.4 is 5.32 Å². The third-order valence-electron chi connectivity index (χ3n) is 6.54. The van der Waals surface area contributed by atoms with Crippen molar-refractivity contribution in [3.8, 4) is 0 Å². The average molecular weight is 324 g/mol. The molecule has 4 fully saturated rings. The number of pyridine rings is 1. The van der Waals surface area contributed by atoms with Gasteiger partial charge in [0.15, 0.2) is 5.65 Å². The average Bonchev–Trinajstić information content (AvgIpc) is 2.97. The van der Waals surface area contributed by atoms with Crippen LogP contribution in [0.25, 0.3) is 5.65 Å². The first-order chi connectivity index (χ1) is 11.7. The van der Waals surface area contributed by atoms with Gasteiger partial charge in [-0.15, -0.1) is 10.2 Å². The quantitative estimate of drug-likeness (QED) is 0.940. The third-order valence-corrected chi connectivity index (χ3v) is 6.54. The van der Waals surface area contributed by atoms with Gasteiger partial charge in [-0.2, -0.15) is 0 Å². The summed E-state index contributed by atoms with van der Waals surface area (Å²) in [5.41, 5.74) is 0.807. The molecule has 6 rings (SSSR count). The number of fused-ring (bicyclic) bond motifs is 1. The molecule has 2 aromatic heterocycles. The number of carbonyl (C=O) groups is 1. The largest absolute Gasteiger partial charge is 0.355 e. The molecule has 4 aliphatic carbocycles. The highest BCUT2D eigenvalue weighted by Crippen LogP contribution is 2.60. The topological polar surface area (TPSA) is 59.3 Å². The zero-order valence-electron chi connectivity index (χ0n) is 13.9. The summed E-state index contributed by atoms with van der Waals surface area (Å²) in [6.45, 7) is 0.649. The molecule has 0 saturated heterocycles. The van der Waals surface area contributed by atoms with Crippen molar-refractivity contribution in [2.24, 2.45) is 23.2 Å². The van der Waals surface area contributed by atoms with Gasteiger partial charge in [-0.25, -0.2) is 0 Å². The van der Waals surface area contributed by atoms with E-state index < -0.39 is 0 Å². The van der Waals surface area contributed by atoms with Crippen LogP contribution in [0.1, 0.15) is 44.3 Å². The Morgan fingerprint density at radius 1 is 1.12 bits per heavy atom. The second-order valence-electron chi connectivity index (χ2n) is 8.25. The van der Waals surface area contributed by atoms with E-state index in [-0.39, 0.29) is 5.41 Å². The lowest BCUT2D eigenvalue weighted by molar-refractivity contribution is -0.146. The van der Waals surface area contributed by atoms with Crippen molar-refractivity contribution in [3.63, 3.8) is 0 Å². The third kappa shape index (κ3) is 2.25. The smallest absolute Gasteiger partial charge is 0.226 e. The number of rotatable bonds is 4. The highest BCUT2D eigenvalue weighted by molar-refractivity contribution is 5.83. The number of nitrogens with zero attached hydrogens (tertiary/aromatic N) is 3. The molecule has 0 atom stereocenters. The van der Waals surface area contributed by atoms with E-state index in [1.165, 1.54) is 19.3 Å². The summed E-state index contributed by atoms with van der Waals surface area (Å²) < 4.78 is 2.00. The Bertz CT molecular complexity index is 745. The van der Waals surface area contributed by atoms with Gasteiger partial charge in [-0.3, -0.25) is 9.20 Å². The Hall–Kier alpha value is -1.91. The van der Waals surface area contributed by atoms with E-state index >= 15 is 0 Å². The summed E-state index contributed by atoms with van der Waals surface area (Å²) in [4.78, 5) is 12.9. The lowest BCUT2D eigenvalue weighted by Crippen LogP contribution is -2.53. The van der Waals surface area contributed by atoms with Crippen LogP contribution in [-0.2, 0) is 11.2 Å². The zero-order valence-corrected chi connectivity index (χ0v) is 13.9. The molecule has 0 unspecified atom stereocenters. The summed E-state index contributed by atoms with van der Waals surface area (Å²) in [5.74, 6) is 3.64. The van der Waals surface area contributed by atoms with Crippen molar-refractivity contribution < 1.29 is 4.79 Å². The molecule has 0 aliphatic heterocycles. The zero-order chi connectivity index (χ0) is 16.1. The van der Waals surface area contributed by atoms with Gasteiger partial charge in [-0.05, 0) is 68.4 Å². The fourth-order valence-electron chi connectivity index (χ4n) is 5.93. The standard InChI is InChI=1S/C19H24N4O/c24-18(19-10-13-7-14(11-19)9-15(8-13)12-19)20-5-4-17-22-21-16-3-1-2-6-23(16)17/h1-3,6,13-15H,4-5,7-12H2,(H,20,24). The summed E-state index contributed by atoms with van der Waals surface area (Å²) in [6, 6.07) is 5.89. The Morgan fingerprint density at radius 3 is 2.54 bits per heavy atom. The first kappa shape index (κ1) is 14.4. The maximum Gasteiger partial charge on any atom is 0.226 e. The number of amides is 1. The maximum atomic E-state index is 12.9. The number of hydrogen-bond acceptors (Lipinski definition) is 3. The molecule has 2 aromatic rings. The molecule has 126 valence electrons. The van der Waals surface area contributed by atoms with Crippen molar-refractivity contribution in [1.82, 2.24) is 19.9 Å². The van der Waals surface area contributed by atoms with E-state index in [1.807, 2.05) is 28.8 Å². The van der Waals surface area contributed by atoms with Crippen LogP contribution in [0.4, 0.5) is 0 Å². The fourth-order valence-corrected chi connectivity index (χ4v) is 5.93. The van der Waals surface area contributed by atoms with Crippen molar-refractivity contribution in [2.75, 3.05) is 6.54 Å². The Morgan fingerprint density at radius 2 is 1.83 bits per heavy atom. The normalized spacial score (nSPS) is 33.9. The number of nitrogens with one attached hydrogen (secondary N) is 1. The van der Waals surface area contributed by atoms with Crippen molar-refractivity contribution in [3.05, 3.63) is 30.2 Å². The van der Waals surface area contributed by atoms with E-state index in [9.17, 15) is 4.79 Å². The number of carbonyl (C=O) groups excluding carboxylic acids is 1. The molecule has 4 saturated carbocycles. The Kier molecular flexibility index (Phi) is 3.19. The van der Waals surface area contributed by atoms with Crippen LogP contribution in [0.5, 0.6) is 0 Å². The van der Waals surface area contributed by atoms with Gasteiger partial charge >= 0.3 is 0 Å². The van der Waals surface area contributed by atoms with E-state index in [0.717, 1.165) is 54.9 Å². The molecule has 4 aliphatic rings. The second kappa shape index (κ2) is 5.30. The molecule has 1 amide bonds. The minimum absolute atomic E-state index is 0.0539. The molecule has 0 spiro atoms. The minimum atomic E-state index is -0.0539. The lowest BCUT2D eigenvalue weighted by Gasteiger charge is -2.55. The van der Waals surface area contributed by atoms with Crippen molar-refractivity contribution >= 4 is 11.6 Å². The molecule has 24 heavy (non-hydrogen) atoms. The van der Waals surface area contributed by atoms with Crippen LogP contribution >= 0.6 is 0 Å². The van der Waals surface area contributed by atoms with Crippen LogP contribution in [-0.4, -0.2) is 27.0 Å². The summed E-state index contributed by atoms with van der Waals surface area (Å²) in [5, 5.41) is 11.6. The van der Waals surface area contributed by atoms with Gasteiger partial charge in [0.05, 0.1) is 0 Å². The number of hydrogen-bond donors (Lipinski definition) is 1. The molecule has 5 heteroatoms. The lowest BCUT2D eigenvalue weighted by atomic mass is 9.49. The van der Waals surface area contributed by atoms with Gasteiger partial charge in [0.25, 0.3) is 0 Å². The highest BCUT2D eigenvalue weighted by atomic mass is 16.2. The van der Waals surface area contributed by atoms with Crippen LogP contribution in [0.2, 0.25) is 0 Å². The van der Waals surface area contributed by atoms with Crippen molar-refractivity contribution in [1.29, 1.82) is 0 Å². The van der Waals surface area contributed by atoms with E-state index in [0.29, 0.717) is 12.5 Å². The number of aromatic nitrogens is 3. The molecule has 4 bridgehead atoms. The highest BCUT2D eigenvalue weighted by Gasteiger charge is 2.54. The summed E-state index contributed by atoms with van der Waals surface area (Å²) in [6.07, 6.45) is 10.2. The Balaban J connectivity index is 1.25. The maximum absolute atomic E-state index is 12.9. The van der Waals surface area contributed by atoms with Crippen molar-refractivity contribution in [2.45, 2.75) is 44.9 Å². The SMILES string of the molecule is O=C(NCCc1nnc2ccccn12)C12CC3CC(CC(C3)C1)C2. The first-order valence-electron chi connectivity index (χ1n) is 9.29. The second-order valence-corrected chi connectivity index (χ2v) is 8.25. The first-order valence-corrected chi connectivity index (χ1v) is 9.29. The van der Waals surface area contributed by atoms with Crippen LogP contribution in [0, 0.1) is 23.2 Å². The molecule has 0 radical (unpaired) electrons. The van der Waals surface area contributed by atoms with E-state index in [1.54, 1.807) is 0 Å². The van der Waals surface area contributed by atoms with Gasteiger partial charge in [0, 0.05) is 24.6 Å². The van der Waals surface area contributed by atoms with E-state index in [4.69, 9.17) is 0 Å². The molecule has 0 aromatic carbocycles. The van der Waals surface area contributed by atoms with Crippen LogP contribution in [0.3, 0.4) is 0 Å². The monoisotopic (exact) mass is 324 g/mol. The predicted molar refractivity (Wildman–Crippen MR) is 90.3 cm³/mol. The van der Waals surface area contributed by atoms with Gasteiger partial charge < -0.3 is 5.32 Å². The predicted octanol–water partition coefficient (Wildman–Crippen LogP) is 2.60. The van der Waals surface area contributed by atoms with Gasteiger partial charge in [-0.1, -0.05) is 6.07 Å². The molecular formula is C19H24N4O. The fraction of sp³-hybridized carbons (Fsp3) is 0.632. The molecule has 5 nitrogen and oxygen atoms in total. The summed E-state index contributed by atoms with van der Waals surface area (Å²) in [7, 11) is 0. The Labute approximate surface area is 141 Å². The van der Waals surface area contributed by atoms with Gasteiger partial charge in [0.1, 0.15) is 5.82 Å². The minimum Gasteiger partial charge on any atom is -0.355 e. The van der Waals surface area contributed by atoms with E-state index in [2.05, 4.69) is 15.5 Å². The molecular weight excluding hydrogens is 300 g/mol. The van der Waals surface area contributed by atoms with Gasteiger partial charge in [0.2, 0.25) is 5.91 Å². The van der Waals surface area contributed by atoms with Crippen LogP contribution in [0.15, 0.2) is 24.4 Å².